The zero-order valence-corrected chi connectivity index (χ0v) is 18.9. The third kappa shape index (κ3) is 9.73. The number of thiophene rings is 1. The number of halogens is 1. The number of sulfonamides is 1. The molecular weight excluding hydrogens is 475 g/mol. The molecule has 1 aromatic heterocycles. The van der Waals surface area contributed by atoms with Crippen LogP contribution >= 0.6 is 35.3 Å². The van der Waals surface area contributed by atoms with Gasteiger partial charge in [-0.15, -0.1) is 24.0 Å². The molecule has 0 aliphatic rings. The Hall–Kier alpha value is -0.430. The number of rotatable bonds is 10. The standard InChI is InChI=1S/C15H28N4O3S2.HI/c1-4-16-14(17-8-6-9-19-24(21,22)5-2)18-12-15(3,20)13-7-10-23-11-13;/h7,10-11,19-20H,4-6,8-9,12H2,1-3H3,(H2,16,17,18);1H. The van der Waals surface area contributed by atoms with E-state index < -0.39 is 15.6 Å². The molecule has 4 N–H and O–H groups in total. The summed E-state index contributed by atoms with van der Waals surface area (Å²) in [5.74, 6) is 0.689. The van der Waals surface area contributed by atoms with Gasteiger partial charge in [-0.1, -0.05) is 0 Å². The molecule has 0 fully saturated rings. The van der Waals surface area contributed by atoms with Crippen LogP contribution in [0.5, 0.6) is 0 Å². The van der Waals surface area contributed by atoms with E-state index in [-0.39, 0.29) is 36.3 Å². The molecule has 0 aliphatic heterocycles. The Morgan fingerprint density at radius 1 is 1.32 bits per heavy atom. The summed E-state index contributed by atoms with van der Waals surface area (Å²) in [7, 11) is -3.14. The molecule has 0 saturated carbocycles. The molecule has 0 spiro atoms. The van der Waals surface area contributed by atoms with Crippen LogP contribution in [0.1, 0.15) is 32.8 Å². The zero-order valence-electron chi connectivity index (χ0n) is 14.9. The molecule has 0 radical (unpaired) electrons. The van der Waals surface area contributed by atoms with Crippen LogP contribution in [0.2, 0.25) is 0 Å². The van der Waals surface area contributed by atoms with Crippen molar-refractivity contribution >= 4 is 51.3 Å². The number of guanidine groups is 1. The predicted octanol–water partition coefficient (Wildman–Crippen LogP) is 1.46. The molecule has 1 unspecified atom stereocenters. The molecule has 0 amide bonds. The molecule has 1 rings (SSSR count). The van der Waals surface area contributed by atoms with E-state index >= 15 is 0 Å². The summed E-state index contributed by atoms with van der Waals surface area (Å²) in [4.78, 5) is 4.41. The summed E-state index contributed by atoms with van der Waals surface area (Å²) in [5.41, 5.74) is -0.167. The minimum absolute atomic E-state index is 0. The number of nitrogens with zero attached hydrogens (tertiary/aromatic N) is 1. The highest BCUT2D eigenvalue weighted by molar-refractivity contribution is 14.0. The lowest BCUT2D eigenvalue weighted by Crippen LogP contribution is -2.40. The van der Waals surface area contributed by atoms with E-state index in [4.69, 9.17) is 0 Å². The van der Waals surface area contributed by atoms with Gasteiger partial charge in [0.2, 0.25) is 10.0 Å². The molecule has 0 aliphatic carbocycles. The second-order valence-electron chi connectivity index (χ2n) is 5.56. The van der Waals surface area contributed by atoms with Crippen molar-refractivity contribution in [3.63, 3.8) is 0 Å². The third-order valence-electron chi connectivity index (χ3n) is 3.38. The van der Waals surface area contributed by atoms with Crippen LogP contribution in [-0.2, 0) is 15.6 Å². The van der Waals surface area contributed by atoms with Crippen LogP contribution in [0.3, 0.4) is 0 Å². The minimum atomic E-state index is -3.14. The highest BCUT2D eigenvalue weighted by Gasteiger charge is 2.23. The van der Waals surface area contributed by atoms with Crippen LogP contribution in [-0.4, -0.2) is 51.4 Å². The van der Waals surface area contributed by atoms with Gasteiger partial charge in [0.15, 0.2) is 5.96 Å². The first-order valence-electron chi connectivity index (χ1n) is 8.05. The molecule has 0 saturated heterocycles. The van der Waals surface area contributed by atoms with Crippen LogP contribution in [0, 0.1) is 0 Å². The lowest BCUT2D eigenvalue weighted by molar-refractivity contribution is 0.0677. The van der Waals surface area contributed by atoms with Gasteiger partial charge in [0.1, 0.15) is 5.60 Å². The van der Waals surface area contributed by atoms with Crippen LogP contribution < -0.4 is 15.4 Å². The summed E-state index contributed by atoms with van der Waals surface area (Å²) < 4.78 is 25.2. The van der Waals surface area contributed by atoms with Crippen LogP contribution in [0.25, 0.3) is 0 Å². The minimum Gasteiger partial charge on any atom is -0.383 e. The highest BCUT2D eigenvalue weighted by atomic mass is 127. The first kappa shape index (κ1) is 24.6. The first-order chi connectivity index (χ1) is 11.3. The molecule has 1 atom stereocenters. The first-order valence-corrected chi connectivity index (χ1v) is 10.6. The van der Waals surface area contributed by atoms with Crippen molar-refractivity contribution in [2.75, 3.05) is 31.9 Å². The molecule has 0 aromatic carbocycles. The van der Waals surface area contributed by atoms with Crippen molar-refractivity contribution < 1.29 is 13.5 Å². The van der Waals surface area contributed by atoms with Crippen molar-refractivity contribution in [1.29, 1.82) is 0 Å². The fourth-order valence-corrected chi connectivity index (χ4v) is 3.30. The topological polar surface area (TPSA) is 103 Å². The monoisotopic (exact) mass is 504 g/mol. The smallest absolute Gasteiger partial charge is 0.211 e. The summed E-state index contributed by atoms with van der Waals surface area (Å²) in [6.07, 6.45) is 0.643. The largest absolute Gasteiger partial charge is 0.383 e. The van der Waals surface area contributed by atoms with Gasteiger partial charge in [0.25, 0.3) is 0 Å². The van der Waals surface area contributed by atoms with Gasteiger partial charge >= 0.3 is 0 Å². The maximum absolute atomic E-state index is 11.3. The number of nitrogens with one attached hydrogen (secondary N) is 3. The average molecular weight is 504 g/mol. The molecular formula is C15H29IN4O3S2. The third-order valence-corrected chi connectivity index (χ3v) is 5.47. The van der Waals surface area contributed by atoms with Gasteiger partial charge in [0, 0.05) is 19.6 Å². The van der Waals surface area contributed by atoms with Crippen molar-refractivity contribution in [3.8, 4) is 0 Å². The maximum atomic E-state index is 11.3. The van der Waals surface area contributed by atoms with Gasteiger partial charge in [-0.2, -0.15) is 11.3 Å². The Kier molecular flexibility index (Phi) is 11.8. The van der Waals surface area contributed by atoms with Crippen molar-refractivity contribution in [3.05, 3.63) is 22.4 Å². The number of aliphatic hydroxyl groups is 1. The Labute approximate surface area is 171 Å². The van der Waals surface area contributed by atoms with E-state index in [1.807, 2.05) is 23.8 Å². The zero-order chi connectivity index (χ0) is 18.1. The van der Waals surface area contributed by atoms with Gasteiger partial charge in [-0.25, -0.2) is 18.1 Å². The molecule has 10 heteroatoms. The lowest BCUT2D eigenvalue weighted by atomic mass is 10.00. The lowest BCUT2D eigenvalue weighted by Gasteiger charge is -2.21. The number of aliphatic imine (C=N–C) groups is 1. The number of hydrogen-bond acceptors (Lipinski definition) is 5. The number of hydrogen-bond donors (Lipinski definition) is 4. The molecule has 0 bridgehead atoms. The van der Waals surface area contributed by atoms with Gasteiger partial charge in [0.05, 0.1) is 12.3 Å². The Balaban J connectivity index is 0.00000576. The van der Waals surface area contributed by atoms with E-state index in [0.29, 0.717) is 32.0 Å². The molecule has 1 aromatic rings. The summed E-state index contributed by atoms with van der Waals surface area (Å²) >= 11 is 1.54. The van der Waals surface area contributed by atoms with Gasteiger partial charge < -0.3 is 15.7 Å². The second-order valence-corrected chi connectivity index (χ2v) is 8.43. The van der Waals surface area contributed by atoms with Crippen molar-refractivity contribution in [1.82, 2.24) is 15.4 Å². The molecule has 1 heterocycles. The van der Waals surface area contributed by atoms with Crippen molar-refractivity contribution in [2.45, 2.75) is 32.8 Å². The molecule has 7 nitrogen and oxygen atoms in total. The Bertz CT molecular complexity index is 604. The molecule has 146 valence electrons. The quantitative estimate of drug-likeness (QED) is 0.167. The SMILES string of the molecule is CCNC(=NCC(C)(O)c1ccsc1)NCCCNS(=O)(=O)CC.I. The van der Waals surface area contributed by atoms with E-state index in [1.54, 1.807) is 13.8 Å². The van der Waals surface area contributed by atoms with E-state index in [2.05, 4.69) is 20.3 Å². The molecule has 25 heavy (non-hydrogen) atoms. The van der Waals surface area contributed by atoms with E-state index in [0.717, 1.165) is 5.56 Å². The highest BCUT2D eigenvalue weighted by Crippen LogP contribution is 2.23. The van der Waals surface area contributed by atoms with Gasteiger partial charge in [-0.3, -0.25) is 0 Å². The summed E-state index contributed by atoms with van der Waals surface area (Å²) in [5, 5.41) is 20.6. The second kappa shape index (κ2) is 12.0. The fourth-order valence-electron chi connectivity index (χ4n) is 1.86. The maximum Gasteiger partial charge on any atom is 0.211 e. The summed E-state index contributed by atoms with van der Waals surface area (Å²) in [6.45, 7) is 7.21. The fraction of sp³-hybridized carbons (Fsp3) is 0.667. The van der Waals surface area contributed by atoms with Gasteiger partial charge in [-0.05, 0) is 49.6 Å². The van der Waals surface area contributed by atoms with E-state index in [9.17, 15) is 13.5 Å². The van der Waals surface area contributed by atoms with E-state index in [1.165, 1.54) is 11.3 Å². The Morgan fingerprint density at radius 3 is 2.60 bits per heavy atom. The Morgan fingerprint density at radius 2 is 2.04 bits per heavy atom. The normalized spacial score (nSPS) is 14.5. The average Bonchev–Trinajstić information content (AvgIpc) is 3.07. The summed E-state index contributed by atoms with van der Waals surface area (Å²) in [6, 6.07) is 1.89. The van der Waals surface area contributed by atoms with Crippen LogP contribution in [0.4, 0.5) is 0 Å². The predicted molar refractivity (Wildman–Crippen MR) is 115 cm³/mol. The van der Waals surface area contributed by atoms with Crippen LogP contribution in [0.15, 0.2) is 21.8 Å². The van der Waals surface area contributed by atoms with Crippen molar-refractivity contribution in [2.24, 2.45) is 4.99 Å².